The number of fused-ring (bicyclic) bond motifs is 1. The monoisotopic (exact) mass is 384 g/mol. The molecule has 2 N–H and O–H groups in total. The first-order valence-corrected chi connectivity index (χ1v) is 10.2. The Kier molecular flexibility index (Phi) is 5.05. The predicted molar refractivity (Wildman–Crippen MR) is 105 cm³/mol. The molecule has 0 atom stereocenters. The van der Waals surface area contributed by atoms with Gasteiger partial charge in [0.1, 0.15) is 17.3 Å². The lowest BCUT2D eigenvalue weighted by atomic mass is 9.95. The lowest BCUT2D eigenvalue weighted by Gasteiger charge is -2.32. The van der Waals surface area contributed by atoms with E-state index in [1.54, 1.807) is 6.92 Å². The number of rotatable bonds is 4. The highest BCUT2D eigenvalue weighted by atomic mass is 16.2. The molecule has 0 radical (unpaired) electrons. The van der Waals surface area contributed by atoms with Crippen molar-refractivity contribution in [2.24, 2.45) is 0 Å². The average molecular weight is 384 g/mol. The number of hydrogen-bond acceptors (Lipinski definition) is 5. The van der Waals surface area contributed by atoms with E-state index < -0.39 is 0 Å². The number of Topliss-reactive ketones (excluding diaryl/α,β-unsaturated/α-hetero) is 1. The van der Waals surface area contributed by atoms with Crippen molar-refractivity contribution in [3.63, 3.8) is 0 Å². The molecule has 1 saturated heterocycles. The van der Waals surface area contributed by atoms with Crippen LogP contribution in [0.5, 0.6) is 0 Å². The van der Waals surface area contributed by atoms with E-state index in [1.165, 1.54) is 0 Å². The molecular weight excluding hydrogens is 356 g/mol. The summed E-state index contributed by atoms with van der Waals surface area (Å²) < 4.78 is 2.24. The zero-order valence-electron chi connectivity index (χ0n) is 16.8. The maximum absolute atomic E-state index is 13.1. The average Bonchev–Trinajstić information content (AvgIpc) is 3.28. The van der Waals surface area contributed by atoms with Gasteiger partial charge in [0.2, 0.25) is 0 Å². The highest BCUT2D eigenvalue weighted by Gasteiger charge is 2.31. The van der Waals surface area contributed by atoms with Crippen LogP contribution in [0.4, 0.5) is 0 Å². The number of H-pyrrole nitrogens is 1. The lowest BCUT2D eigenvalue weighted by Crippen LogP contribution is -2.39. The number of amides is 1. The molecule has 0 unspecified atom stereocenters. The van der Waals surface area contributed by atoms with Gasteiger partial charge in [-0.1, -0.05) is 6.92 Å². The Bertz CT molecular complexity index is 904. The van der Waals surface area contributed by atoms with E-state index in [0.717, 1.165) is 55.4 Å². The molecule has 0 saturated carbocycles. The Balaban J connectivity index is 1.48. The van der Waals surface area contributed by atoms with Crippen molar-refractivity contribution in [1.29, 1.82) is 0 Å². The quantitative estimate of drug-likeness (QED) is 0.784. The molecule has 0 aliphatic carbocycles. The van der Waals surface area contributed by atoms with Gasteiger partial charge >= 0.3 is 0 Å². The number of carbonyl (C=O) groups excluding carboxylic acids is 2. The minimum Gasteiger partial charge on any atom is -0.354 e. The van der Waals surface area contributed by atoms with Crippen molar-refractivity contribution in [1.82, 2.24) is 30.0 Å². The molecule has 0 spiro atoms. The predicted octanol–water partition coefficient (Wildman–Crippen LogP) is 1.80. The zero-order chi connectivity index (χ0) is 19.8. The maximum Gasteiger partial charge on any atom is 0.270 e. The first kappa shape index (κ1) is 18.9. The standard InChI is InChI=1S/C20H28N6O2/c1-4-15-17(13(3)27)12(2)22-18(15)20(28)25-8-5-14(6-9-25)19-24-23-16-11-21-7-10-26(16)19/h14,21-22H,4-11H2,1-3H3. The number of aromatic nitrogens is 4. The second-order valence-corrected chi connectivity index (χ2v) is 7.76. The summed E-state index contributed by atoms with van der Waals surface area (Å²) >= 11 is 0. The van der Waals surface area contributed by atoms with E-state index in [1.807, 2.05) is 18.7 Å². The van der Waals surface area contributed by atoms with E-state index in [2.05, 4.69) is 25.1 Å². The first-order valence-electron chi connectivity index (χ1n) is 10.2. The van der Waals surface area contributed by atoms with Crippen LogP contribution in [0, 0.1) is 6.92 Å². The van der Waals surface area contributed by atoms with E-state index in [-0.39, 0.29) is 11.7 Å². The Morgan fingerprint density at radius 1 is 1.18 bits per heavy atom. The lowest BCUT2D eigenvalue weighted by molar-refractivity contribution is 0.0703. The number of nitrogens with zero attached hydrogens (tertiary/aromatic N) is 4. The van der Waals surface area contributed by atoms with Gasteiger partial charge in [0.15, 0.2) is 5.78 Å². The molecule has 150 valence electrons. The Hall–Kier alpha value is -2.48. The molecule has 2 aromatic heterocycles. The van der Waals surface area contributed by atoms with Crippen LogP contribution < -0.4 is 5.32 Å². The van der Waals surface area contributed by atoms with Gasteiger partial charge in [-0.15, -0.1) is 10.2 Å². The second-order valence-electron chi connectivity index (χ2n) is 7.76. The van der Waals surface area contributed by atoms with Crippen molar-refractivity contribution in [2.45, 2.75) is 59.0 Å². The molecule has 8 nitrogen and oxygen atoms in total. The molecule has 0 bridgehead atoms. The fourth-order valence-corrected chi connectivity index (χ4v) is 4.60. The molecule has 1 fully saturated rings. The van der Waals surface area contributed by atoms with E-state index in [4.69, 9.17) is 0 Å². The van der Waals surface area contributed by atoms with Gasteiger partial charge in [-0.2, -0.15) is 0 Å². The number of nitrogens with one attached hydrogen (secondary N) is 2. The summed E-state index contributed by atoms with van der Waals surface area (Å²) in [6.45, 7) is 9.43. The van der Waals surface area contributed by atoms with Crippen LogP contribution in [0.25, 0.3) is 0 Å². The number of carbonyl (C=O) groups is 2. The summed E-state index contributed by atoms with van der Waals surface area (Å²) in [5.41, 5.74) is 2.88. The minimum atomic E-state index is -0.00151. The summed E-state index contributed by atoms with van der Waals surface area (Å²) in [5, 5.41) is 12.1. The number of ketones is 1. The highest BCUT2D eigenvalue weighted by Crippen LogP contribution is 2.29. The fourth-order valence-electron chi connectivity index (χ4n) is 4.60. The molecule has 4 heterocycles. The van der Waals surface area contributed by atoms with Crippen molar-refractivity contribution < 1.29 is 9.59 Å². The van der Waals surface area contributed by atoms with Gasteiger partial charge in [-0.25, -0.2) is 0 Å². The minimum absolute atomic E-state index is 0.00151. The molecule has 2 aromatic rings. The Morgan fingerprint density at radius 2 is 1.93 bits per heavy atom. The van der Waals surface area contributed by atoms with Gasteiger partial charge in [0, 0.05) is 43.4 Å². The number of aryl methyl sites for hydroxylation is 1. The van der Waals surface area contributed by atoms with Gasteiger partial charge in [-0.3, -0.25) is 9.59 Å². The van der Waals surface area contributed by atoms with E-state index >= 15 is 0 Å². The maximum atomic E-state index is 13.1. The second kappa shape index (κ2) is 7.50. The third kappa shape index (κ3) is 3.15. The van der Waals surface area contributed by atoms with Crippen LogP contribution >= 0.6 is 0 Å². The fraction of sp³-hybridized carbons (Fsp3) is 0.600. The van der Waals surface area contributed by atoms with Crippen molar-refractivity contribution in [3.05, 3.63) is 34.2 Å². The van der Waals surface area contributed by atoms with E-state index in [0.29, 0.717) is 36.7 Å². The Labute approximate surface area is 164 Å². The third-order valence-electron chi connectivity index (χ3n) is 6.01. The normalized spacial score (nSPS) is 17.6. The van der Waals surface area contributed by atoms with Gasteiger partial charge in [-0.05, 0) is 38.7 Å². The number of likely N-dealkylation sites (tertiary alicyclic amines) is 1. The van der Waals surface area contributed by atoms with Crippen LogP contribution in [0.2, 0.25) is 0 Å². The molecule has 2 aliphatic rings. The first-order chi connectivity index (χ1) is 13.5. The summed E-state index contributed by atoms with van der Waals surface area (Å²) in [5.74, 6) is 2.42. The molecule has 2 aliphatic heterocycles. The van der Waals surface area contributed by atoms with Crippen LogP contribution in [-0.4, -0.2) is 56.0 Å². The molecule has 1 amide bonds. The van der Waals surface area contributed by atoms with Gasteiger partial charge in [0.05, 0.1) is 6.54 Å². The zero-order valence-corrected chi connectivity index (χ0v) is 16.8. The molecule has 8 heteroatoms. The third-order valence-corrected chi connectivity index (χ3v) is 6.01. The van der Waals surface area contributed by atoms with E-state index in [9.17, 15) is 9.59 Å². The SMILES string of the molecule is CCc1c(C(=O)N2CCC(c3nnc4n3CCNC4)CC2)[nH]c(C)c1C(C)=O. The summed E-state index contributed by atoms with van der Waals surface area (Å²) in [6.07, 6.45) is 2.44. The highest BCUT2D eigenvalue weighted by molar-refractivity contribution is 6.02. The summed E-state index contributed by atoms with van der Waals surface area (Å²) in [4.78, 5) is 30.2. The van der Waals surface area contributed by atoms with Crippen LogP contribution in [0.15, 0.2) is 0 Å². The molecule has 0 aromatic carbocycles. The Morgan fingerprint density at radius 3 is 2.61 bits per heavy atom. The summed E-state index contributed by atoms with van der Waals surface area (Å²) in [6, 6.07) is 0. The molecular formula is C20H28N6O2. The summed E-state index contributed by atoms with van der Waals surface area (Å²) in [7, 11) is 0. The number of aromatic amines is 1. The number of hydrogen-bond donors (Lipinski definition) is 2. The van der Waals surface area contributed by atoms with Crippen LogP contribution in [0.3, 0.4) is 0 Å². The number of piperidine rings is 1. The van der Waals surface area contributed by atoms with Crippen molar-refractivity contribution in [3.8, 4) is 0 Å². The smallest absolute Gasteiger partial charge is 0.270 e. The van der Waals surface area contributed by atoms with Crippen LogP contribution in [-0.2, 0) is 19.5 Å². The van der Waals surface area contributed by atoms with Gasteiger partial charge < -0.3 is 19.8 Å². The van der Waals surface area contributed by atoms with Crippen LogP contribution in [0.1, 0.15) is 76.4 Å². The van der Waals surface area contributed by atoms with Crippen molar-refractivity contribution >= 4 is 11.7 Å². The van der Waals surface area contributed by atoms with Crippen molar-refractivity contribution in [2.75, 3.05) is 19.6 Å². The molecule has 4 rings (SSSR count). The van der Waals surface area contributed by atoms with Gasteiger partial charge in [0.25, 0.3) is 5.91 Å². The molecule has 28 heavy (non-hydrogen) atoms. The topological polar surface area (TPSA) is 95.9 Å². The largest absolute Gasteiger partial charge is 0.354 e.